The number of amides is 1. The Morgan fingerprint density at radius 3 is 2.76 bits per heavy atom. The maximum Gasteiger partial charge on any atom is 0.257 e. The van der Waals surface area contributed by atoms with Gasteiger partial charge in [-0.15, -0.1) is 0 Å². The van der Waals surface area contributed by atoms with Gasteiger partial charge in [-0.1, -0.05) is 0 Å². The lowest BCUT2D eigenvalue weighted by Gasteiger charge is -2.13. The number of rotatable bonds is 7. The van der Waals surface area contributed by atoms with Crippen molar-refractivity contribution >= 4 is 17.8 Å². The maximum absolute atomic E-state index is 10.9. The third-order valence-electron chi connectivity index (χ3n) is 2.55. The molecule has 21 heavy (non-hydrogen) atoms. The van der Waals surface area contributed by atoms with Gasteiger partial charge in [0, 0.05) is 31.4 Å². The molecule has 0 aliphatic rings. The first-order valence-corrected chi connectivity index (χ1v) is 6.63. The molecule has 2 aromatic rings. The van der Waals surface area contributed by atoms with Gasteiger partial charge in [0.15, 0.2) is 0 Å². The minimum absolute atomic E-state index is 0.176. The van der Waals surface area contributed by atoms with Crippen LogP contribution in [0.5, 0.6) is 0 Å². The molecule has 0 aliphatic carbocycles. The summed E-state index contributed by atoms with van der Waals surface area (Å²) in [4.78, 5) is 23.7. The Labute approximate surface area is 122 Å². The highest BCUT2D eigenvalue weighted by atomic mass is 16.1. The summed E-state index contributed by atoms with van der Waals surface area (Å²) in [7, 11) is 0. The third-order valence-corrected chi connectivity index (χ3v) is 2.55. The van der Waals surface area contributed by atoms with E-state index < -0.39 is 0 Å². The largest absolute Gasteiger partial charge is 0.370 e. The van der Waals surface area contributed by atoms with Gasteiger partial charge in [0.25, 0.3) is 5.95 Å². The zero-order valence-corrected chi connectivity index (χ0v) is 11.9. The first kappa shape index (κ1) is 14.7. The van der Waals surface area contributed by atoms with Crippen molar-refractivity contribution in [3.8, 4) is 5.95 Å². The molecular weight excluding hydrogens is 272 g/mol. The van der Waals surface area contributed by atoms with E-state index in [0.717, 1.165) is 0 Å². The van der Waals surface area contributed by atoms with Crippen LogP contribution < -0.4 is 16.4 Å². The smallest absolute Gasteiger partial charge is 0.257 e. The van der Waals surface area contributed by atoms with Gasteiger partial charge in [-0.2, -0.15) is 20.1 Å². The molecule has 9 nitrogen and oxygen atoms in total. The number of carbonyl (C=O) groups is 1. The second kappa shape index (κ2) is 6.64. The SMILES string of the molecule is CCNc1nc(NC(C)CC(N)=O)nc(-n2cccn2)n1. The standard InChI is InChI=1S/C12H18N8O/c1-3-14-10-17-11(16-8(2)7-9(13)21)19-12(18-10)20-6-4-5-15-20/h4-6,8H,3,7H2,1-2H3,(H2,13,21)(H2,14,16,17,18,19). The second-order valence-electron chi connectivity index (χ2n) is 4.48. The van der Waals surface area contributed by atoms with Crippen LogP contribution >= 0.6 is 0 Å². The molecule has 1 amide bonds. The van der Waals surface area contributed by atoms with Gasteiger partial charge in [0.05, 0.1) is 0 Å². The van der Waals surface area contributed by atoms with Crippen LogP contribution in [0.1, 0.15) is 20.3 Å². The van der Waals surface area contributed by atoms with Gasteiger partial charge < -0.3 is 16.4 Å². The van der Waals surface area contributed by atoms with E-state index in [2.05, 4.69) is 30.7 Å². The fraction of sp³-hybridized carbons (Fsp3) is 0.417. The molecule has 0 radical (unpaired) electrons. The molecule has 2 heterocycles. The van der Waals surface area contributed by atoms with Gasteiger partial charge in [-0.3, -0.25) is 4.79 Å². The van der Waals surface area contributed by atoms with Gasteiger partial charge >= 0.3 is 0 Å². The fourth-order valence-corrected chi connectivity index (χ4v) is 1.73. The normalized spacial score (nSPS) is 11.9. The highest BCUT2D eigenvalue weighted by molar-refractivity contribution is 5.74. The summed E-state index contributed by atoms with van der Waals surface area (Å²) in [5, 5.41) is 10.2. The highest BCUT2D eigenvalue weighted by Crippen LogP contribution is 2.10. The number of hydrogen-bond acceptors (Lipinski definition) is 7. The molecule has 1 unspecified atom stereocenters. The highest BCUT2D eigenvalue weighted by Gasteiger charge is 2.11. The molecule has 9 heteroatoms. The Hall–Kier alpha value is -2.71. The number of nitrogens with one attached hydrogen (secondary N) is 2. The number of primary amides is 1. The summed E-state index contributed by atoms with van der Waals surface area (Å²) in [5.41, 5.74) is 5.17. The predicted molar refractivity (Wildman–Crippen MR) is 78.0 cm³/mol. The van der Waals surface area contributed by atoms with Gasteiger partial charge in [0.1, 0.15) is 0 Å². The summed E-state index contributed by atoms with van der Waals surface area (Å²) in [6.45, 7) is 4.45. The van der Waals surface area contributed by atoms with Gasteiger partial charge in [-0.05, 0) is 19.9 Å². The zero-order valence-electron chi connectivity index (χ0n) is 11.9. The Balaban J connectivity index is 2.25. The molecular formula is C12H18N8O. The summed E-state index contributed by atoms with van der Waals surface area (Å²) >= 11 is 0. The summed E-state index contributed by atoms with van der Waals surface area (Å²) in [5.74, 6) is 0.801. The molecule has 0 fully saturated rings. The van der Waals surface area contributed by atoms with Crippen LogP contribution in [0.25, 0.3) is 5.95 Å². The first-order valence-electron chi connectivity index (χ1n) is 6.63. The lowest BCUT2D eigenvalue weighted by atomic mass is 10.2. The molecule has 0 bridgehead atoms. The quantitative estimate of drug-likeness (QED) is 0.663. The number of nitrogens with two attached hydrogens (primary N) is 1. The van der Waals surface area contributed by atoms with E-state index >= 15 is 0 Å². The van der Waals surface area contributed by atoms with Crippen molar-refractivity contribution in [3.05, 3.63) is 18.5 Å². The van der Waals surface area contributed by atoms with Crippen LogP contribution in [-0.2, 0) is 4.79 Å². The Bertz CT molecular complexity index is 597. The van der Waals surface area contributed by atoms with Crippen LogP contribution in [-0.4, -0.2) is 43.2 Å². The second-order valence-corrected chi connectivity index (χ2v) is 4.48. The zero-order chi connectivity index (χ0) is 15.2. The molecule has 1 atom stereocenters. The summed E-state index contributed by atoms with van der Waals surface area (Å²) in [6, 6.07) is 1.60. The summed E-state index contributed by atoms with van der Waals surface area (Å²) in [6.07, 6.45) is 3.57. The Kier molecular flexibility index (Phi) is 4.64. The lowest BCUT2D eigenvalue weighted by Crippen LogP contribution is -2.25. The van der Waals surface area contributed by atoms with Crippen molar-refractivity contribution < 1.29 is 4.79 Å². The fourth-order valence-electron chi connectivity index (χ4n) is 1.73. The average molecular weight is 290 g/mol. The van der Waals surface area contributed by atoms with Crippen LogP contribution in [0.3, 0.4) is 0 Å². The predicted octanol–water partition coefficient (Wildman–Crippen LogP) is 0.165. The topological polar surface area (TPSA) is 124 Å². The number of anilines is 2. The van der Waals surface area contributed by atoms with Crippen molar-refractivity contribution in [1.82, 2.24) is 24.7 Å². The van der Waals surface area contributed by atoms with Crippen molar-refractivity contribution in [3.63, 3.8) is 0 Å². The van der Waals surface area contributed by atoms with Crippen LogP contribution in [0.4, 0.5) is 11.9 Å². The Morgan fingerprint density at radius 2 is 2.14 bits per heavy atom. The number of carbonyl (C=O) groups excluding carboxylic acids is 1. The van der Waals surface area contributed by atoms with Crippen molar-refractivity contribution in [2.75, 3.05) is 17.2 Å². The van der Waals surface area contributed by atoms with Crippen LogP contribution in [0.15, 0.2) is 18.5 Å². The van der Waals surface area contributed by atoms with E-state index in [1.54, 1.807) is 18.5 Å². The van der Waals surface area contributed by atoms with E-state index in [1.807, 2.05) is 13.8 Å². The van der Waals surface area contributed by atoms with Gasteiger partial charge in [-0.25, -0.2) is 4.68 Å². The molecule has 2 aromatic heterocycles. The van der Waals surface area contributed by atoms with Crippen LogP contribution in [0.2, 0.25) is 0 Å². The third kappa shape index (κ3) is 4.13. The number of aromatic nitrogens is 5. The van der Waals surface area contributed by atoms with E-state index in [-0.39, 0.29) is 18.4 Å². The molecule has 2 rings (SSSR count). The van der Waals surface area contributed by atoms with Crippen molar-refractivity contribution in [2.24, 2.45) is 5.73 Å². The minimum atomic E-state index is -0.386. The van der Waals surface area contributed by atoms with E-state index in [9.17, 15) is 4.79 Å². The Morgan fingerprint density at radius 1 is 1.38 bits per heavy atom. The average Bonchev–Trinajstić information content (AvgIpc) is 2.91. The number of nitrogens with zero attached hydrogens (tertiary/aromatic N) is 5. The molecule has 0 saturated carbocycles. The monoisotopic (exact) mass is 290 g/mol. The van der Waals surface area contributed by atoms with E-state index in [4.69, 9.17) is 5.73 Å². The maximum atomic E-state index is 10.9. The molecule has 0 aromatic carbocycles. The van der Waals surface area contributed by atoms with E-state index in [0.29, 0.717) is 24.4 Å². The van der Waals surface area contributed by atoms with Gasteiger partial charge in [0.2, 0.25) is 17.8 Å². The molecule has 0 spiro atoms. The molecule has 4 N–H and O–H groups in total. The molecule has 0 saturated heterocycles. The number of hydrogen-bond donors (Lipinski definition) is 3. The van der Waals surface area contributed by atoms with Crippen molar-refractivity contribution in [1.29, 1.82) is 0 Å². The molecule has 0 aliphatic heterocycles. The first-order chi connectivity index (χ1) is 10.1. The van der Waals surface area contributed by atoms with E-state index in [1.165, 1.54) is 4.68 Å². The minimum Gasteiger partial charge on any atom is -0.370 e. The van der Waals surface area contributed by atoms with Crippen LogP contribution in [0, 0.1) is 0 Å². The molecule has 112 valence electrons. The lowest BCUT2D eigenvalue weighted by molar-refractivity contribution is -0.118. The van der Waals surface area contributed by atoms with Crippen molar-refractivity contribution in [2.45, 2.75) is 26.3 Å². The summed E-state index contributed by atoms with van der Waals surface area (Å²) < 4.78 is 1.53.